The van der Waals surface area contributed by atoms with Gasteiger partial charge in [-0.25, -0.2) is 4.79 Å². The van der Waals surface area contributed by atoms with Crippen LogP contribution in [-0.4, -0.2) is 53.7 Å². The van der Waals surface area contributed by atoms with Crippen LogP contribution in [0.1, 0.15) is 34.7 Å². The molecule has 2 aromatic rings. The molecule has 160 valence electrons. The van der Waals surface area contributed by atoms with E-state index in [1.54, 1.807) is 0 Å². The van der Waals surface area contributed by atoms with Crippen molar-refractivity contribution in [3.8, 4) is 0 Å². The van der Waals surface area contributed by atoms with E-state index in [1.807, 2.05) is 30.3 Å². The Morgan fingerprint density at radius 2 is 1.57 bits per heavy atom. The largest absolute Gasteiger partial charge is 0.465 e. The molecule has 2 aromatic carbocycles. The summed E-state index contributed by atoms with van der Waals surface area (Å²) >= 11 is 0. The molecular formula is C25H33N3O2. The van der Waals surface area contributed by atoms with E-state index in [9.17, 15) is 9.90 Å². The summed E-state index contributed by atoms with van der Waals surface area (Å²) in [6.07, 6.45) is -0.147. The molecule has 0 radical (unpaired) electrons. The van der Waals surface area contributed by atoms with Crippen molar-refractivity contribution in [2.24, 2.45) is 11.8 Å². The molecule has 2 N–H and O–H groups in total. The first-order valence-corrected chi connectivity index (χ1v) is 11.0. The maximum atomic E-state index is 11.2. The average molecular weight is 408 g/mol. The second-order valence-electron chi connectivity index (χ2n) is 9.05. The predicted octanol–water partition coefficient (Wildman–Crippen LogP) is 4.07. The normalized spacial score (nSPS) is 22.7. The fourth-order valence-electron chi connectivity index (χ4n) is 5.29. The summed E-state index contributed by atoms with van der Waals surface area (Å²) in [5, 5.41) is 11.9. The van der Waals surface area contributed by atoms with E-state index in [4.69, 9.17) is 0 Å². The molecule has 2 fully saturated rings. The number of aryl methyl sites for hydroxylation is 2. The van der Waals surface area contributed by atoms with Gasteiger partial charge in [-0.2, -0.15) is 0 Å². The summed E-state index contributed by atoms with van der Waals surface area (Å²) in [7, 11) is 0. The van der Waals surface area contributed by atoms with E-state index in [0.29, 0.717) is 0 Å². The van der Waals surface area contributed by atoms with Gasteiger partial charge >= 0.3 is 6.09 Å². The summed E-state index contributed by atoms with van der Waals surface area (Å²) in [6, 6.07) is 16.3. The van der Waals surface area contributed by atoms with Gasteiger partial charge < -0.3 is 15.3 Å². The van der Waals surface area contributed by atoms with Crippen LogP contribution in [0.4, 0.5) is 4.79 Å². The van der Waals surface area contributed by atoms with Gasteiger partial charge in [0.15, 0.2) is 0 Å². The van der Waals surface area contributed by atoms with Crippen molar-refractivity contribution in [2.75, 3.05) is 32.7 Å². The van der Waals surface area contributed by atoms with Crippen LogP contribution in [0.2, 0.25) is 0 Å². The van der Waals surface area contributed by atoms with E-state index >= 15 is 0 Å². The number of benzene rings is 2. The van der Waals surface area contributed by atoms with Crippen LogP contribution in [-0.2, 0) is 6.54 Å². The maximum absolute atomic E-state index is 11.2. The average Bonchev–Trinajstić information content (AvgIpc) is 3.26. The van der Waals surface area contributed by atoms with Crippen LogP contribution >= 0.6 is 0 Å². The van der Waals surface area contributed by atoms with Gasteiger partial charge in [0.1, 0.15) is 0 Å². The van der Waals surface area contributed by atoms with Crippen molar-refractivity contribution in [3.63, 3.8) is 0 Å². The first-order chi connectivity index (χ1) is 14.5. The summed E-state index contributed by atoms with van der Waals surface area (Å²) in [6.45, 7) is 11.0. The Kier molecular flexibility index (Phi) is 6.40. The number of carboxylic acid groups (broad SMARTS) is 1. The Morgan fingerprint density at radius 1 is 0.967 bits per heavy atom. The highest BCUT2D eigenvalue weighted by Gasteiger charge is 2.39. The number of amides is 1. The zero-order chi connectivity index (χ0) is 21.1. The highest BCUT2D eigenvalue weighted by atomic mass is 16.4. The fourth-order valence-corrected chi connectivity index (χ4v) is 5.29. The first kappa shape index (κ1) is 20.9. The number of carbonyl (C=O) groups is 1. The molecule has 5 nitrogen and oxygen atoms in total. The molecule has 0 aromatic heterocycles. The van der Waals surface area contributed by atoms with Gasteiger partial charge in [-0.15, -0.1) is 0 Å². The Balaban J connectivity index is 1.29. The van der Waals surface area contributed by atoms with E-state index in [2.05, 4.69) is 47.2 Å². The number of nitrogens with one attached hydrogen (secondary N) is 1. The third-order valence-corrected chi connectivity index (χ3v) is 6.90. The molecule has 2 saturated heterocycles. The zero-order valence-corrected chi connectivity index (χ0v) is 18.1. The summed E-state index contributed by atoms with van der Waals surface area (Å²) < 4.78 is 0. The SMILES string of the molecule is Cc1cccc(C)c1CN1CC2CN(CCC(NC(=O)O)c3ccccc3)C[C@H]2C1. The Hall–Kier alpha value is -2.37. The minimum absolute atomic E-state index is 0.148. The molecule has 0 saturated carbocycles. The molecule has 3 atom stereocenters. The van der Waals surface area contributed by atoms with Crippen LogP contribution in [0.15, 0.2) is 48.5 Å². The molecule has 1 amide bonds. The lowest BCUT2D eigenvalue weighted by Crippen LogP contribution is -2.33. The maximum Gasteiger partial charge on any atom is 0.405 e. The standard InChI is InChI=1S/C25H33N3O2/c1-18-7-6-8-19(2)23(18)17-28-15-21-13-27(14-22(21)16-28)12-11-24(26-25(29)30)20-9-4-3-5-10-20/h3-10,21-22,24,26H,11-17H2,1-2H3,(H,29,30)/t21-,22?,24?/m0/s1. The number of rotatable bonds is 7. The summed E-state index contributed by atoms with van der Waals surface area (Å²) in [4.78, 5) is 16.4. The van der Waals surface area contributed by atoms with Crippen molar-refractivity contribution in [2.45, 2.75) is 32.9 Å². The second-order valence-corrected chi connectivity index (χ2v) is 9.05. The van der Waals surface area contributed by atoms with Gasteiger partial charge in [0.05, 0.1) is 6.04 Å². The topological polar surface area (TPSA) is 55.8 Å². The molecule has 2 aliphatic heterocycles. The van der Waals surface area contributed by atoms with Gasteiger partial charge in [-0.05, 0) is 54.4 Å². The minimum Gasteiger partial charge on any atom is -0.465 e. The highest BCUT2D eigenvalue weighted by Crippen LogP contribution is 2.33. The quantitative estimate of drug-likeness (QED) is 0.727. The van der Waals surface area contributed by atoms with Crippen molar-refractivity contribution >= 4 is 6.09 Å². The molecular weight excluding hydrogens is 374 g/mol. The number of likely N-dealkylation sites (tertiary alicyclic amines) is 2. The molecule has 2 heterocycles. The Bertz CT molecular complexity index is 836. The van der Waals surface area contributed by atoms with Crippen molar-refractivity contribution < 1.29 is 9.90 Å². The lowest BCUT2D eigenvalue weighted by Gasteiger charge is -2.24. The van der Waals surface area contributed by atoms with E-state index in [1.165, 1.54) is 29.8 Å². The number of hydrogen-bond donors (Lipinski definition) is 2. The van der Waals surface area contributed by atoms with Gasteiger partial charge in [0.2, 0.25) is 0 Å². The van der Waals surface area contributed by atoms with Gasteiger partial charge in [0, 0.05) is 39.3 Å². The van der Waals surface area contributed by atoms with E-state index < -0.39 is 6.09 Å². The molecule has 2 unspecified atom stereocenters. The van der Waals surface area contributed by atoms with E-state index in [-0.39, 0.29) is 6.04 Å². The lowest BCUT2D eigenvalue weighted by molar-refractivity contribution is 0.186. The number of nitrogens with zero attached hydrogens (tertiary/aromatic N) is 2. The predicted molar refractivity (Wildman–Crippen MR) is 120 cm³/mol. The van der Waals surface area contributed by atoms with E-state index in [0.717, 1.165) is 50.0 Å². The third kappa shape index (κ3) is 4.85. The van der Waals surface area contributed by atoms with Crippen LogP contribution in [0.5, 0.6) is 0 Å². The number of fused-ring (bicyclic) bond motifs is 1. The Morgan fingerprint density at radius 3 is 2.17 bits per heavy atom. The molecule has 0 bridgehead atoms. The van der Waals surface area contributed by atoms with Crippen LogP contribution in [0, 0.1) is 25.7 Å². The van der Waals surface area contributed by atoms with Gasteiger partial charge in [0.25, 0.3) is 0 Å². The molecule has 4 rings (SSSR count). The van der Waals surface area contributed by atoms with Crippen LogP contribution < -0.4 is 5.32 Å². The van der Waals surface area contributed by atoms with Crippen molar-refractivity contribution in [3.05, 3.63) is 70.8 Å². The van der Waals surface area contributed by atoms with Crippen molar-refractivity contribution in [1.82, 2.24) is 15.1 Å². The summed E-state index contributed by atoms with van der Waals surface area (Å²) in [5.41, 5.74) is 5.32. The minimum atomic E-state index is -0.954. The second kappa shape index (κ2) is 9.19. The summed E-state index contributed by atoms with van der Waals surface area (Å²) in [5.74, 6) is 1.47. The number of hydrogen-bond acceptors (Lipinski definition) is 3. The smallest absolute Gasteiger partial charge is 0.405 e. The fraction of sp³-hybridized carbons (Fsp3) is 0.480. The molecule has 0 spiro atoms. The van der Waals surface area contributed by atoms with Gasteiger partial charge in [-0.1, -0.05) is 48.5 Å². The zero-order valence-electron chi connectivity index (χ0n) is 18.1. The first-order valence-electron chi connectivity index (χ1n) is 11.0. The third-order valence-electron chi connectivity index (χ3n) is 6.90. The molecule has 0 aliphatic carbocycles. The molecule has 2 aliphatic rings. The van der Waals surface area contributed by atoms with Crippen LogP contribution in [0.3, 0.4) is 0 Å². The lowest BCUT2D eigenvalue weighted by atomic mass is 10.0. The monoisotopic (exact) mass is 407 g/mol. The van der Waals surface area contributed by atoms with Crippen molar-refractivity contribution in [1.29, 1.82) is 0 Å². The highest BCUT2D eigenvalue weighted by molar-refractivity contribution is 5.65. The molecule has 30 heavy (non-hydrogen) atoms. The molecule has 5 heteroatoms. The van der Waals surface area contributed by atoms with Gasteiger partial charge in [-0.3, -0.25) is 4.90 Å². The Labute approximate surface area is 179 Å². The van der Waals surface area contributed by atoms with Crippen LogP contribution in [0.25, 0.3) is 0 Å².